The van der Waals surface area contributed by atoms with E-state index >= 15 is 0 Å². The maximum absolute atomic E-state index is 7.67. The van der Waals surface area contributed by atoms with Gasteiger partial charge in [-0.15, -0.1) is 0 Å². The minimum atomic E-state index is 0.0815. The zero-order valence-electron chi connectivity index (χ0n) is 15.8. The van der Waals surface area contributed by atoms with Crippen molar-refractivity contribution in [3.05, 3.63) is 47.9 Å². The lowest BCUT2D eigenvalue weighted by molar-refractivity contribution is 0.680. The van der Waals surface area contributed by atoms with Crippen LogP contribution in [0, 0.1) is 17.2 Å². The van der Waals surface area contributed by atoms with Gasteiger partial charge in [-0.25, -0.2) is 0 Å². The first kappa shape index (κ1) is 20.9. The first-order chi connectivity index (χ1) is 12.1. The Morgan fingerprint density at radius 1 is 1.56 bits per heavy atom. The van der Waals surface area contributed by atoms with Gasteiger partial charge < -0.3 is 21.8 Å². The Bertz CT molecular complexity index is 569. The number of aliphatic imine (C=N–C) groups is 1. The van der Waals surface area contributed by atoms with Crippen molar-refractivity contribution in [1.29, 1.82) is 5.41 Å². The fraction of sp³-hybridized carbons (Fsp3) is 0.500. The van der Waals surface area contributed by atoms with Gasteiger partial charge in [0.2, 0.25) is 0 Å². The number of hydrogen-bond donors (Lipinski definition) is 4. The van der Waals surface area contributed by atoms with Gasteiger partial charge in [-0.2, -0.15) is 0 Å². The zero-order valence-corrected chi connectivity index (χ0v) is 15.8. The molecule has 5 nitrogen and oxygen atoms in total. The predicted octanol–water partition coefficient (Wildman–Crippen LogP) is 2.79. The van der Waals surface area contributed by atoms with Crippen LogP contribution < -0.4 is 16.4 Å². The van der Waals surface area contributed by atoms with Gasteiger partial charge in [0, 0.05) is 56.0 Å². The van der Waals surface area contributed by atoms with E-state index in [1.165, 1.54) is 6.21 Å². The minimum Gasteiger partial charge on any atom is -0.401 e. The molecule has 0 aromatic rings. The molecule has 0 saturated carbocycles. The van der Waals surface area contributed by atoms with Crippen LogP contribution in [0.3, 0.4) is 0 Å². The molecule has 0 aromatic heterocycles. The Kier molecular flexibility index (Phi) is 9.55. The van der Waals surface area contributed by atoms with Crippen LogP contribution in [-0.2, 0) is 0 Å². The highest BCUT2D eigenvalue weighted by atomic mass is 14.8. The van der Waals surface area contributed by atoms with E-state index in [1.807, 2.05) is 14.1 Å². The highest BCUT2D eigenvalue weighted by molar-refractivity contribution is 6.00. The van der Waals surface area contributed by atoms with Crippen LogP contribution in [0.2, 0.25) is 0 Å². The molecular weight excluding hydrogens is 310 g/mol. The molecular formula is C20H33N5. The van der Waals surface area contributed by atoms with E-state index in [0.29, 0.717) is 0 Å². The van der Waals surface area contributed by atoms with Gasteiger partial charge >= 0.3 is 0 Å². The van der Waals surface area contributed by atoms with Crippen molar-refractivity contribution in [2.24, 2.45) is 22.6 Å². The van der Waals surface area contributed by atoms with E-state index in [4.69, 9.17) is 11.1 Å². The maximum atomic E-state index is 7.67. The second-order valence-corrected chi connectivity index (χ2v) is 6.11. The summed E-state index contributed by atoms with van der Waals surface area (Å²) in [6, 6.07) is 0. The topological polar surface area (TPSA) is 86.3 Å². The molecule has 0 fully saturated rings. The third-order valence-corrected chi connectivity index (χ3v) is 4.52. The molecule has 2 unspecified atom stereocenters. The quantitative estimate of drug-likeness (QED) is 0.344. The third kappa shape index (κ3) is 6.02. The average molecular weight is 344 g/mol. The van der Waals surface area contributed by atoms with Crippen molar-refractivity contribution in [3.8, 4) is 0 Å². The summed E-state index contributed by atoms with van der Waals surface area (Å²) in [6.07, 6.45) is 12.3. The van der Waals surface area contributed by atoms with Crippen LogP contribution in [0.4, 0.5) is 0 Å². The molecule has 0 spiro atoms. The summed E-state index contributed by atoms with van der Waals surface area (Å²) < 4.78 is 0. The fourth-order valence-corrected chi connectivity index (χ4v) is 3.15. The highest BCUT2D eigenvalue weighted by Gasteiger charge is 2.20. The Balaban J connectivity index is 3.06. The second kappa shape index (κ2) is 11.4. The Morgan fingerprint density at radius 3 is 2.88 bits per heavy atom. The molecule has 0 bridgehead atoms. The van der Waals surface area contributed by atoms with Crippen LogP contribution in [0.25, 0.3) is 0 Å². The van der Waals surface area contributed by atoms with Gasteiger partial charge in [-0.3, -0.25) is 4.99 Å². The molecule has 5 heteroatoms. The second-order valence-electron chi connectivity index (χ2n) is 6.11. The van der Waals surface area contributed by atoms with Crippen molar-refractivity contribution < 1.29 is 0 Å². The van der Waals surface area contributed by atoms with Gasteiger partial charge in [0.25, 0.3) is 0 Å². The zero-order chi connectivity index (χ0) is 18.7. The molecule has 0 heterocycles. The smallest absolute Gasteiger partial charge is 0.0411 e. The summed E-state index contributed by atoms with van der Waals surface area (Å²) in [7, 11) is 3.73. The number of nitrogens with two attached hydrogens (primary N) is 1. The van der Waals surface area contributed by atoms with Gasteiger partial charge in [0.05, 0.1) is 0 Å². The molecule has 1 aliphatic rings. The Morgan fingerprint density at radius 2 is 2.32 bits per heavy atom. The number of rotatable bonds is 11. The third-order valence-electron chi connectivity index (χ3n) is 4.52. The minimum absolute atomic E-state index is 0.0815. The lowest BCUT2D eigenvalue weighted by Crippen LogP contribution is -2.24. The normalized spacial score (nSPS) is 19.7. The van der Waals surface area contributed by atoms with Crippen molar-refractivity contribution in [2.45, 2.75) is 26.2 Å². The van der Waals surface area contributed by atoms with Crippen molar-refractivity contribution in [2.75, 3.05) is 27.2 Å². The number of allylic oxidation sites excluding steroid dienone is 4. The van der Waals surface area contributed by atoms with E-state index in [-0.39, 0.29) is 11.8 Å². The Labute approximate surface area is 152 Å². The molecule has 25 heavy (non-hydrogen) atoms. The van der Waals surface area contributed by atoms with Gasteiger partial charge in [-0.1, -0.05) is 31.7 Å². The van der Waals surface area contributed by atoms with Crippen molar-refractivity contribution >= 4 is 11.9 Å². The molecule has 1 rings (SSSR count). The highest BCUT2D eigenvalue weighted by Crippen LogP contribution is 2.27. The molecule has 1 aliphatic carbocycles. The van der Waals surface area contributed by atoms with E-state index in [0.717, 1.165) is 54.9 Å². The van der Waals surface area contributed by atoms with Crippen molar-refractivity contribution in [3.63, 3.8) is 0 Å². The summed E-state index contributed by atoms with van der Waals surface area (Å²) in [5.41, 5.74) is 10.8. The molecule has 138 valence electrons. The molecule has 0 radical (unpaired) electrons. The van der Waals surface area contributed by atoms with Gasteiger partial charge in [0.15, 0.2) is 0 Å². The molecule has 0 aromatic carbocycles. The van der Waals surface area contributed by atoms with Crippen LogP contribution >= 0.6 is 0 Å². The monoisotopic (exact) mass is 343 g/mol. The van der Waals surface area contributed by atoms with E-state index < -0.39 is 0 Å². The summed E-state index contributed by atoms with van der Waals surface area (Å²) in [5.74, 6) is 0.247. The van der Waals surface area contributed by atoms with Crippen LogP contribution in [0.1, 0.15) is 26.2 Å². The predicted molar refractivity (Wildman–Crippen MR) is 109 cm³/mol. The number of nitrogens with zero attached hydrogens (tertiary/aromatic N) is 1. The lowest BCUT2D eigenvalue weighted by Gasteiger charge is -2.23. The first-order valence-electron chi connectivity index (χ1n) is 8.95. The fourth-order valence-electron chi connectivity index (χ4n) is 3.15. The number of nitrogens with one attached hydrogen (secondary N) is 3. The Hall–Kier alpha value is -2.14. The van der Waals surface area contributed by atoms with E-state index in [9.17, 15) is 0 Å². The van der Waals surface area contributed by atoms with E-state index in [2.05, 4.69) is 47.4 Å². The van der Waals surface area contributed by atoms with Gasteiger partial charge in [-0.05, 0) is 37.2 Å². The van der Waals surface area contributed by atoms with Gasteiger partial charge in [0.1, 0.15) is 0 Å². The molecule has 0 saturated heterocycles. The summed E-state index contributed by atoms with van der Waals surface area (Å²) >= 11 is 0. The van der Waals surface area contributed by atoms with Crippen LogP contribution in [0.5, 0.6) is 0 Å². The van der Waals surface area contributed by atoms with E-state index in [1.54, 1.807) is 6.20 Å². The molecule has 2 atom stereocenters. The molecule has 0 aliphatic heterocycles. The van der Waals surface area contributed by atoms with Crippen molar-refractivity contribution in [1.82, 2.24) is 10.6 Å². The largest absolute Gasteiger partial charge is 0.401 e. The number of hydrogen-bond acceptors (Lipinski definition) is 5. The van der Waals surface area contributed by atoms with Crippen LogP contribution in [0.15, 0.2) is 52.8 Å². The standard InChI is InChI=1S/C20H33N5/c1-5-18(19(24-4)10-11-25-6-2)20(22)16-9-7-8-15(12-16)17(13-21)14-23-3/h6-8,12-13,16-17,21,23,25H,2,5,9-11,14,22H2,1,3-4H3. The summed E-state index contributed by atoms with van der Waals surface area (Å²) in [6.45, 7) is 7.36. The maximum Gasteiger partial charge on any atom is 0.0411 e. The molecule has 0 amide bonds. The molecule has 5 N–H and O–H groups in total. The summed E-state index contributed by atoms with van der Waals surface area (Å²) in [5, 5.41) is 13.9. The average Bonchev–Trinajstić information content (AvgIpc) is 2.65. The summed E-state index contributed by atoms with van der Waals surface area (Å²) in [4.78, 5) is 4.47. The first-order valence-corrected chi connectivity index (χ1v) is 8.95. The van der Waals surface area contributed by atoms with Crippen LogP contribution in [-0.4, -0.2) is 39.1 Å². The lowest BCUT2D eigenvalue weighted by atomic mass is 9.85. The SMILES string of the molecule is C=CNCCC(=NC)C(CC)=C(N)C1C=C(C(C=N)CNC)C=CC1.